The van der Waals surface area contributed by atoms with Crippen molar-refractivity contribution in [1.82, 2.24) is 0 Å². The zero-order valence-corrected chi connectivity index (χ0v) is 21.5. The highest BCUT2D eigenvalue weighted by molar-refractivity contribution is 5.69. The quantitative estimate of drug-likeness (QED) is 0.127. The van der Waals surface area contributed by atoms with Crippen molar-refractivity contribution in [3.63, 3.8) is 0 Å². The molecule has 0 aromatic carbocycles. The van der Waals surface area contributed by atoms with Crippen LogP contribution in [0.4, 0.5) is 0 Å². The zero-order valence-electron chi connectivity index (χ0n) is 21.5. The summed E-state index contributed by atoms with van der Waals surface area (Å²) in [6, 6.07) is 0. The molecule has 0 aliphatic heterocycles. The fourth-order valence-corrected chi connectivity index (χ4v) is 3.24. The Hall–Kier alpha value is -0.690. The van der Waals surface area contributed by atoms with Gasteiger partial charge in [0.15, 0.2) is 0 Å². The lowest BCUT2D eigenvalue weighted by molar-refractivity contribution is -0.145. The number of rotatable bonds is 25. The van der Waals surface area contributed by atoms with Gasteiger partial charge in [-0.3, -0.25) is 4.79 Å². The van der Waals surface area contributed by atoms with Gasteiger partial charge in [0, 0.05) is 19.6 Å². The maximum absolute atomic E-state index is 12.0. The number of unbranched alkanes of at least 4 members (excludes halogenated alkanes) is 4. The molecule has 0 spiro atoms. The van der Waals surface area contributed by atoms with Crippen LogP contribution in [0.2, 0.25) is 0 Å². The molecular weight excluding hydrogens is 408 g/mol. The number of hydrogen-bond acceptors (Lipinski definition) is 6. The predicted molar refractivity (Wildman–Crippen MR) is 130 cm³/mol. The number of ether oxygens (including phenoxy) is 5. The number of esters is 1. The Morgan fingerprint density at radius 3 is 1.78 bits per heavy atom. The van der Waals surface area contributed by atoms with Gasteiger partial charge in [-0.1, -0.05) is 66.2 Å². The molecule has 0 bridgehead atoms. The van der Waals surface area contributed by atoms with Crippen molar-refractivity contribution in [3.05, 3.63) is 0 Å². The molecule has 0 aliphatic rings. The molecule has 0 saturated carbocycles. The minimum absolute atomic E-state index is 0.102. The third-order valence-corrected chi connectivity index (χ3v) is 5.15. The van der Waals surface area contributed by atoms with Crippen LogP contribution in [0.25, 0.3) is 0 Å². The Labute approximate surface area is 198 Å². The monoisotopic (exact) mass is 460 g/mol. The van der Waals surface area contributed by atoms with E-state index in [1.165, 1.54) is 44.9 Å². The Morgan fingerprint density at radius 2 is 1.19 bits per heavy atom. The summed E-state index contributed by atoms with van der Waals surface area (Å²) in [5.74, 6) is 0.965. The molecule has 0 N–H and O–H groups in total. The van der Waals surface area contributed by atoms with Crippen LogP contribution in [0.5, 0.6) is 0 Å². The lowest BCUT2D eigenvalue weighted by Gasteiger charge is -2.16. The average Bonchev–Trinajstić information content (AvgIpc) is 2.77. The molecule has 0 heterocycles. The first-order chi connectivity index (χ1) is 15.6. The Bertz CT molecular complexity index is 389. The van der Waals surface area contributed by atoms with Crippen LogP contribution in [-0.2, 0) is 28.5 Å². The number of hydrogen-bond donors (Lipinski definition) is 0. The smallest absolute Gasteiger partial charge is 0.305 e. The van der Waals surface area contributed by atoms with Gasteiger partial charge in [-0.25, -0.2) is 0 Å². The van der Waals surface area contributed by atoms with E-state index in [0.717, 1.165) is 13.0 Å². The third-order valence-electron chi connectivity index (χ3n) is 5.15. The number of carbonyl (C=O) groups excluding carboxylic acids is 1. The van der Waals surface area contributed by atoms with E-state index in [9.17, 15) is 4.79 Å². The Morgan fingerprint density at radius 1 is 0.625 bits per heavy atom. The Kier molecular flexibility index (Phi) is 24.4. The SMILES string of the molecule is CCCCCCC(CCCC)COC(=O)CCCOCCOCCOCCOCC(C)C. The molecule has 1 unspecified atom stereocenters. The molecule has 0 saturated heterocycles. The van der Waals surface area contributed by atoms with Gasteiger partial charge in [0.05, 0.1) is 46.2 Å². The summed E-state index contributed by atoms with van der Waals surface area (Å²) in [4.78, 5) is 12.0. The second kappa shape index (κ2) is 24.9. The van der Waals surface area contributed by atoms with Gasteiger partial charge in [0.2, 0.25) is 0 Å². The second-order valence-corrected chi connectivity index (χ2v) is 8.95. The molecule has 0 rings (SSSR count). The molecule has 6 nitrogen and oxygen atoms in total. The van der Waals surface area contributed by atoms with Crippen LogP contribution in [0, 0.1) is 11.8 Å². The average molecular weight is 461 g/mol. The molecule has 0 fully saturated rings. The van der Waals surface area contributed by atoms with Crippen LogP contribution in [0.1, 0.15) is 91.9 Å². The minimum Gasteiger partial charge on any atom is -0.465 e. The molecular formula is C26H52O6. The van der Waals surface area contributed by atoms with E-state index < -0.39 is 0 Å². The van der Waals surface area contributed by atoms with Crippen molar-refractivity contribution >= 4 is 5.97 Å². The van der Waals surface area contributed by atoms with E-state index in [0.29, 0.717) is 77.5 Å². The minimum atomic E-state index is -0.102. The van der Waals surface area contributed by atoms with Crippen LogP contribution in [0.3, 0.4) is 0 Å². The van der Waals surface area contributed by atoms with Crippen molar-refractivity contribution in [2.45, 2.75) is 91.9 Å². The molecule has 0 amide bonds. The van der Waals surface area contributed by atoms with Gasteiger partial charge >= 0.3 is 5.97 Å². The topological polar surface area (TPSA) is 63.2 Å². The van der Waals surface area contributed by atoms with Crippen molar-refractivity contribution < 1.29 is 28.5 Å². The maximum Gasteiger partial charge on any atom is 0.305 e. The molecule has 0 aromatic rings. The van der Waals surface area contributed by atoms with E-state index in [1.807, 2.05) is 0 Å². The summed E-state index contributed by atoms with van der Waals surface area (Å²) < 4.78 is 27.4. The van der Waals surface area contributed by atoms with Gasteiger partial charge in [0.1, 0.15) is 0 Å². The molecule has 1 atom stereocenters. The largest absolute Gasteiger partial charge is 0.465 e. The van der Waals surface area contributed by atoms with E-state index in [-0.39, 0.29) is 5.97 Å². The highest BCUT2D eigenvalue weighted by atomic mass is 16.6. The summed E-state index contributed by atoms with van der Waals surface area (Å²) >= 11 is 0. The van der Waals surface area contributed by atoms with Crippen molar-refractivity contribution in [2.24, 2.45) is 11.8 Å². The van der Waals surface area contributed by atoms with E-state index in [1.54, 1.807) is 0 Å². The van der Waals surface area contributed by atoms with E-state index in [4.69, 9.17) is 23.7 Å². The summed E-state index contributed by atoms with van der Waals surface area (Å²) in [7, 11) is 0. The van der Waals surface area contributed by atoms with Gasteiger partial charge < -0.3 is 23.7 Å². The number of carbonyl (C=O) groups is 1. The first-order valence-electron chi connectivity index (χ1n) is 13.1. The van der Waals surface area contributed by atoms with E-state index in [2.05, 4.69) is 27.7 Å². The normalized spacial score (nSPS) is 12.4. The summed E-state index contributed by atoms with van der Waals surface area (Å²) in [5, 5.41) is 0. The van der Waals surface area contributed by atoms with Gasteiger partial charge in [-0.05, 0) is 31.1 Å². The van der Waals surface area contributed by atoms with Crippen molar-refractivity contribution in [3.8, 4) is 0 Å². The third kappa shape index (κ3) is 24.0. The molecule has 192 valence electrons. The fourth-order valence-electron chi connectivity index (χ4n) is 3.24. The van der Waals surface area contributed by atoms with Gasteiger partial charge in [-0.15, -0.1) is 0 Å². The van der Waals surface area contributed by atoms with Crippen LogP contribution in [0.15, 0.2) is 0 Å². The lowest BCUT2D eigenvalue weighted by Crippen LogP contribution is -2.15. The van der Waals surface area contributed by atoms with Gasteiger partial charge in [0.25, 0.3) is 0 Å². The molecule has 0 radical (unpaired) electrons. The van der Waals surface area contributed by atoms with Crippen molar-refractivity contribution in [2.75, 3.05) is 59.5 Å². The summed E-state index contributed by atoms with van der Waals surface area (Å²) in [6.07, 6.45) is 10.9. The van der Waals surface area contributed by atoms with Gasteiger partial charge in [-0.2, -0.15) is 0 Å². The van der Waals surface area contributed by atoms with E-state index >= 15 is 0 Å². The molecule has 0 aromatic heterocycles. The van der Waals surface area contributed by atoms with Crippen molar-refractivity contribution in [1.29, 1.82) is 0 Å². The maximum atomic E-state index is 12.0. The standard InChI is InChI=1S/C26H52O6/c1-5-7-9-10-13-25(12-8-6-2)23-32-26(27)14-11-15-28-16-17-29-18-19-30-20-21-31-22-24(3)4/h24-25H,5-23H2,1-4H3. The Balaban J connectivity index is 3.49. The fraction of sp³-hybridized carbons (Fsp3) is 0.962. The second-order valence-electron chi connectivity index (χ2n) is 8.95. The lowest BCUT2D eigenvalue weighted by atomic mass is 9.96. The molecule has 32 heavy (non-hydrogen) atoms. The molecule has 0 aliphatic carbocycles. The van der Waals surface area contributed by atoms with Crippen LogP contribution >= 0.6 is 0 Å². The zero-order chi connectivity index (χ0) is 23.7. The highest BCUT2D eigenvalue weighted by Gasteiger charge is 2.12. The summed E-state index contributed by atoms with van der Waals surface area (Å²) in [6.45, 7) is 14.0. The predicted octanol–water partition coefficient (Wildman–Crippen LogP) is 5.81. The first-order valence-corrected chi connectivity index (χ1v) is 13.1. The highest BCUT2D eigenvalue weighted by Crippen LogP contribution is 2.18. The first kappa shape index (κ1) is 31.3. The van der Waals surface area contributed by atoms with Crippen LogP contribution < -0.4 is 0 Å². The summed E-state index contributed by atoms with van der Waals surface area (Å²) in [5.41, 5.74) is 0. The molecule has 6 heteroatoms. The van der Waals surface area contributed by atoms with Crippen LogP contribution in [-0.4, -0.2) is 65.4 Å².